The highest BCUT2D eigenvalue weighted by molar-refractivity contribution is 5.75. The van der Waals surface area contributed by atoms with E-state index in [9.17, 15) is 9.90 Å². The van der Waals surface area contributed by atoms with Crippen LogP contribution >= 0.6 is 0 Å². The van der Waals surface area contributed by atoms with Crippen molar-refractivity contribution in [3.05, 3.63) is 0 Å². The van der Waals surface area contributed by atoms with Crippen LogP contribution in [0.3, 0.4) is 0 Å². The van der Waals surface area contributed by atoms with E-state index in [0.29, 0.717) is 6.54 Å². The number of carboxylic acid groups (broad SMARTS) is 1. The van der Waals surface area contributed by atoms with Crippen molar-refractivity contribution in [3.63, 3.8) is 0 Å². The van der Waals surface area contributed by atoms with Crippen molar-refractivity contribution in [2.45, 2.75) is 38.5 Å². The largest absolute Gasteiger partial charge is 0.481 e. The molecule has 1 aliphatic heterocycles. The Balaban J connectivity index is 1.98. The van der Waals surface area contributed by atoms with Crippen LogP contribution in [0.15, 0.2) is 0 Å². The van der Waals surface area contributed by atoms with E-state index < -0.39 is 11.4 Å². The zero-order chi connectivity index (χ0) is 12.1. The van der Waals surface area contributed by atoms with Gasteiger partial charge in [-0.2, -0.15) is 0 Å². The fraction of sp³-hybridized carbons (Fsp3) is 0.923. The molecule has 4 heteroatoms. The summed E-state index contributed by atoms with van der Waals surface area (Å²) in [6.07, 6.45) is 6.04. The molecule has 0 radical (unpaired) electrons. The van der Waals surface area contributed by atoms with Gasteiger partial charge in [0, 0.05) is 26.2 Å². The molecule has 0 aromatic carbocycles. The minimum absolute atomic E-state index is 0.484. The van der Waals surface area contributed by atoms with Crippen molar-refractivity contribution in [3.8, 4) is 0 Å². The maximum Gasteiger partial charge on any atom is 0.310 e. The summed E-state index contributed by atoms with van der Waals surface area (Å²) in [7, 11) is 0. The van der Waals surface area contributed by atoms with Crippen LogP contribution in [0.4, 0.5) is 0 Å². The minimum Gasteiger partial charge on any atom is -0.481 e. The van der Waals surface area contributed by atoms with Crippen molar-refractivity contribution in [2.75, 3.05) is 32.8 Å². The highest BCUT2D eigenvalue weighted by atomic mass is 16.5. The van der Waals surface area contributed by atoms with Crippen molar-refractivity contribution in [1.82, 2.24) is 4.90 Å². The molecule has 0 atom stereocenters. The molecule has 2 fully saturated rings. The van der Waals surface area contributed by atoms with Gasteiger partial charge in [-0.05, 0) is 19.3 Å². The average molecular weight is 241 g/mol. The fourth-order valence-electron chi connectivity index (χ4n) is 3.05. The van der Waals surface area contributed by atoms with Gasteiger partial charge in [0.05, 0.1) is 12.0 Å². The van der Waals surface area contributed by atoms with Crippen molar-refractivity contribution < 1.29 is 14.6 Å². The smallest absolute Gasteiger partial charge is 0.310 e. The summed E-state index contributed by atoms with van der Waals surface area (Å²) in [6.45, 7) is 4.14. The minimum atomic E-state index is -0.595. The number of rotatable bonds is 3. The summed E-state index contributed by atoms with van der Waals surface area (Å²) in [6, 6.07) is 0. The Morgan fingerprint density at radius 3 is 2.59 bits per heavy atom. The van der Waals surface area contributed by atoms with E-state index in [4.69, 9.17) is 4.74 Å². The maximum absolute atomic E-state index is 11.6. The molecular formula is C13H23NO3. The Morgan fingerprint density at radius 2 is 1.88 bits per heavy atom. The van der Waals surface area contributed by atoms with E-state index in [1.807, 2.05) is 0 Å². The molecule has 1 saturated heterocycles. The molecule has 1 saturated carbocycles. The molecule has 0 amide bonds. The number of carbonyl (C=O) groups is 1. The normalized spacial score (nSPS) is 26.4. The van der Waals surface area contributed by atoms with E-state index in [-0.39, 0.29) is 0 Å². The number of carboxylic acids is 1. The quantitative estimate of drug-likeness (QED) is 0.817. The molecule has 4 nitrogen and oxygen atoms in total. The van der Waals surface area contributed by atoms with Crippen LogP contribution in [-0.4, -0.2) is 48.8 Å². The van der Waals surface area contributed by atoms with Gasteiger partial charge < -0.3 is 9.84 Å². The van der Waals surface area contributed by atoms with E-state index in [0.717, 1.165) is 58.4 Å². The van der Waals surface area contributed by atoms with Gasteiger partial charge in [-0.1, -0.05) is 19.3 Å². The molecular weight excluding hydrogens is 218 g/mol. The Labute approximate surface area is 103 Å². The summed E-state index contributed by atoms with van der Waals surface area (Å²) in [5, 5.41) is 9.53. The number of ether oxygens (including phenoxy) is 1. The van der Waals surface area contributed by atoms with E-state index in [2.05, 4.69) is 4.90 Å². The van der Waals surface area contributed by atoms with E-state index in [1.54, 1.807) is 0 Å². The van der Waals surface area contributed by atoms with Crippen LogP contribution in [0.25, 0.3) is 0 Å². The lowest BCUT2D eigenvalue weighted by molar-refractivity contribution is -0.152. The van der Waals surface area contributed by atoms with Gasteiger partial charge in [-0.3, -0.25) is 9.69 Å². The van der Waals surface area contributed by atoms with Crippen LogP contribution < -0.4 is 0 Å². The van der Waals surface area contributed by atoms with E-state index in [1.165, 1.54) is 6.42 Å². The first-order chi connectivity index (χ1) is 8.23. The molecule has 0 spiro atoms. The third-order valence-corrected chi connectivity index (χ3v) is 4.11. The molecule has 0 aromatic heterocycles. The van der Waals surface area contributed by atoms with Crippen molar-refractivity contribution in [2.24, 2.45) is 5.41 Å². The second-order valence-corrected chi connectivity index (χ2v) is 5.39. The fourth-order valence-corrected chi connectivity index (χ4v) is 3.05. The topological polar surface area (TPSA) is 49.8 Å². The second kappa shape index (κ2) is 5.83. The van der Waals surface area contributed by atoms with Gasteiger partial charge in [0.15, 0.2) is 0 Å². The summed E-state index contributed by atoms with van der Waals surface area (Å²) < 4.78 is 5.42. The summed E-state index contributed by atoms with van der Waals surface area (Å²) >= 11 is 0. The summed E-state index contributed by atoms with van der Waals surface area (Å²) in [5.74, 6) is -0.595. The summed E-state index contributed by atoms with van der Waals surface area (Å²) in [4.78, 5) is 13.9. The molecule has 1 heterocycles. The molecule has 17 heavy (non-hydrogen) atoms. The predicted octanol–water partition coefficient (Wildman–Crippen LogP) is 1.74. The molecule has 2 rings (SSSR count). The standard InChI is InChI=1S/C13H23NO3/c15-12(16)13(5-2-1-3-6-13)11-14-7-4-9-17-10-8-14/h1-11H2,(H,15,16). The number of hydrogen-bond donors (Lipinski definition) is 1. The number of nitrogens with zero attached hydrogens (tertiary/aromatic N) is 1. The van der Waals surface area contributed by atoms with Crippen LogP contribution in [0.2, 0.25) is 0 Å². The first kappa shape index (κ1) is 12.8. The highest BCUT2D eigenvalue weighted by Crippen LogP contribution is 2.37. The highest BCUT2D eigenvalue weighted by Gasteiger charge is 2.40. The summed E-state index contributed by atoms with van der Waals surface area (Å²) in [5.41, 5.74) is -0.484. The van der Waals surface area contributed by atoms with Crippen molar-refractivity contribution in [1.29, 1.82) is 0 Å². The Bertz CT molecular complexity index is 253. The van der Waals surface area contributed by atoms with Crippen LogP contribution in [-0.2, 0) is 9.53 Å². The van der Waals surface area contributed by atoms with Crippen LogP contribution in [0, 0.1) is 5.41 Å². The number of hydrogen-bond acceptors (Lipinski definition) is 3. The maximum atomic E-state index is 11.6. The lowest BCUT2D eigenvalue weighted by Gasteiger charge is -2.37. The van der Waals surface area contributed by atoms with Crippen LogP contribution in [0.5, 0.6) is 0 Å². The first-order valence-corrected chi connectivity index (χ1v) is 6.76. The van der Waals surface area contributed by atoms with E-state index >= 15 is 0 Å². The SMILES string of the molecule is O=C(O)C1(CN2CCCOCC2)CCCCC1. The molecule has 0 unspecified atom stereocenters. The second-order valence-electron chi connectivity index (χ2n) is 5.39. The first-order valence-electron chi connectivity index (χ1n) is 6.76. The zero-order valence-electron chi connectivity index (χ0n) is 10.5. The Kier molecular flexibility index (Phi) is 4.40. The molecule has 1 N–H and O–H groups in total. The molecule has 98 valence electrons. The molecule has 2 aliphatic rings. The molecule has 1 aliphatic carbocycles. The lowest BCUT2D eigenvalue weighted by Crippen LogP contribution is -2.45. The van der Waals surface area contributed by atoms with Gasteiger partial charge in [-0.25, -0.2) is 0 Å². The predicted molar refractivity (Wildman–Crippen MR) is 65.0 cm³/mol. The third-order valence-electron chi connectivity index (χ3n) is 4.11. The monoisotopic (exact) mass is 241 g/mol. The van der Waals surface area contributed by atoms with Gasteiger partial charge in [0.1, 0.15) is 0 Å². The Morgan fingerprint density at radius 1 is 1.12 bits per heavy atom. The lowest BCUT2D eigenvalue weighted by atomic mass is 9.73. The van der Waals surface area contributed by atoms with Crippen molar-refractivity contribution >= 4 is 5.97 Å². The number of aliphatic carboxylic acids is 1. The van der Waals surface area contributed by atoms with Gasteiger partial charge in [-0.15, -0.1) is 0 Å². The third kappa shape index (κ3) is 3.19. The van der Waals surface area contributed by atoms with Gasteiger partial charge in [0.2, 0.25) is 0 Å². The zero-order valence-corrected chi connectivity index (χ0v) is 10.5. The Hall–Kier alpha value is -0.610. The molecule has 0 aromatic rings. The van der Waals surface area contributed by atoms with Crippen LogP contribution in [0.1, 0.15) is 38.5 Å². The molecule has 0 bridgehead atoms. The van der Waals surface area contributed by atoms with Gasteiger partial charge in [0.25, 0.3) is 0 Å². The average Bonchev–Trinajstić information content (AvgIpc) is 2.59. The van der Waals surface area contributed by atoms with Gasteiger partial charge >= 0.3 is 5.97 Å².